The summed E-state index contributed by atoms with van der Waals surface area (Å²) in [6, 6.07) is 11.0. The summed E-state index contributed by atoms with van der Waals surface area (Å²) in [6.07, 6.45) is 0. The number of thiocarbonyl (C=S) groups is 1. The molecular formula is C18H21ClN2O2S. The van der Waals surface area contributed by atoms with E-state index in [1.165, 1.54) is 0 Å². The Bertz CT molecular complexity index is 744. The highest BCUT2D eigenvalue weighted by Gasteiger charge is 2.19. The van der Waals surface area contributed by atoms with Crippen molar-refractivity contribution in [3.63, 3.8) is 0 Å². The Kier molecular flexibility index (Phi) is 5.67. The maximum atomic E-state index is 6.29. The van der Waals surface area contributed by atoms with E-state index in [4.69, 9.17) is 33.3 Å². The molecule has 2 rings (SSSR count). The molecule has 0 atom stereocenters. The molecule has 0 aliphatic carbocycles. The molecule has 0 spiro atoms. The van der Waals surface area contributed by atoms with Gasteiger partial charge in [-0.25, -0.2) is 0 Å². The Morgan fingerprint density at radius 1 is 1.21 bits per heavy atom. The molecule has 1 aromatic heterocycles. The number of ether oxygens (including phenoxy) is 2. The van der Waals surface area contributed by atoms with E-state index in [2.05, 4.69) is 25.8 Å². The number of pyridine rings is 1. The number of anilines is 1. The summed E-state index contributed by atoms with van der Waals surface area (Å²) in [6.45, 7) is 6.30. The Balaban J connectivity index is 2.20. The van der Waals surface area contributed by atoms with E-state index in [1.807, 2.05) is 24.3 Å². The smallest absolute Gasteiger partial charge is 0.270 e. The molecule has 0 unspecified atom stereocenters. The molecule has 0 N–H and O–H groups in total. The third-order valence-electron chi connectivity index (χ3n) is 3.49. The van der Waals surface area contributed by atoms with Gasteiger partial charge in [-0.05, 0) is 47.5 Å². The molecule has 0 aliphatic heterocycles. The van der Waals surface area contributed by atoms with Crippen LogP contribution in [0.5, 0.6) is 11.6 Å². The van der Waals surface area contributed by atoms with Crippen molar-refractivity contribution in [2.45, 2.75) is 26.2 Å². The maximum absolute atomic E-state index is 6.29. The van der Waals surface area contributed by atoms with Crippen LogP contribution < -0.4 is 14.4 Å². The van der Waals surface area contributed by atoms with Crippen molar-refractivity contribution in [1.29, 1.82) is 0 Å². The molecular weight excluding hydrogens is 344 g/mol. The van der Waals surface area contributed by atoms with Gasteiger partial charge < -0.3 is 9.47 Å². The Morgan fingerprint density at radius 2 is 1.92 bits per heavy atom. The van der Waals surface area contributed by atoms with Crippen LogP contribution in [0, 0.1) is 0 Å². The lowest BCUT2D eigenvalue weighted by atomic mass is 9.87. The molecule has 1 heterocycles. The monoisotopic (exact) mass is 364 g/mol. The van der Waals surface area contributed by atoms with Crippen LogP contribution in [0.2, 0.25) is 5.02 Å². The van der Waals surface area contributed by atoms with Crippen LogP contribution in [0.4, 0.5) is 5.82 Å². The van der Waals surface area contributed by atoms with Crippen LogP contribution in [0.1, 0.15) is 26.3 Å². The maximum Gasteiger partial charge on any atom is 0.270 e. The molecule has 0 aliphatic rings. The minimum atomic E-state index is -0.0850. The molecule has 0 radical (unpaired) electrons. The summed E-state index contributed by atoms with van der Waals surface area (Å²) in [4.78, 5) is 6.02. The Morgan fingerprint density at radius 3 is 2.54 bits per heavy atom. The number of aromatic nitrogens is 1. The van der Waals surface area contributed by atoms with Crippen LogP contribution in [0.15, 0.2) is 36.4 Å². The van der Waals surface area contributed by atoms with Gasteiger partial charge in [0.05, 0.1) is 7.11 Å². The van der Waals surface area contributed by atoms with Gasteiger partial charge in [0.1, 0.15) is 11.6 Å². The van der Waals surface area contributed by atoms with E-state index in [1.54, 1.807) is 31.2 Å². The first-order chi connectivity index (χ1) is 11.2. The number of hydrogen-bond donors (Lipinski definition) is 0. The van der Waals surface area contributed by atoms with Gasteiger partial charge in [-0.2, -0.15) is 4.98 Å². The second-order valence-corrected chi connectivity index (χ2v) is 7.11. The minimum absolute atomic E-state index is 0.0850. The third kappa shape index (κ3) is 4.36. The SMILES string of the molecule is COc1cccc(N(C)C(=S)Oc2ccc(Cl)c(C(C)(C)C)c2)n1. The van der Waals surface area contributed by atoms with Gasteiger partial charge in [0, 0.05) is 18.1 Å². The summed E-state index contributed by atoms with van der Waals surface area (Å²) in [7, 11) is 3.37. The zero-order chi connectivity index (χ0) is 17.9. The molecule has 128 valence electrons. The predicted molar refractivity (Wildman–Crippen MR) is 103 cm³/mol. The van der Waals surface area contributed by atoms with Gasteiger partial charge >= 0.3 is 0 Å². The molecule has 0 amide bonds. The normalized spacial score (nSPS) is 11.1. The highest BCUT2D eigenvalue weighted by molar-refractivity contribution is 7.80. The fourth-order valence-electron chi connectivity index (χ4n) is 2.11. The quantitative estimate of drug-likeness (QED) is 0.728. The van der Waals surface area contributed by atoms with Crippen molar-refractivity contribution in [2.75, 3.05) is 19.1 Å². The molecule has 1 aromatic carbocycles. The zero-order valence-electron chi connectivity index (χ0n) is 14.5. The van der Waals surface area contributed by atoms with Crippen LogP contribution >= 0.6 is 23.8 Å². The van der Waals surface area contributed by atoms with Crippen molar-refractivity contribution in [1.82, 2.24) is 4.98 Å². The van der Waals surface area contributed by atoms with Crippen LogP contribution in [0.3, 0.4) is 0 Å². The van der Waals surface area contributed by atoms with Crippen LogP contribution in [-0.4, -0.2) is 24.3 Å². The van der Waals surface area contributed by atoms with Crippen molar-refractivity contribution in [2.24, 2.45) is 0 Å². The summed E-state index contributed by atoms with van der Waals surface area (Å²) >= 11 is 11.7. The van der Waals surface area contributed by atoms with Gasteiger partial charge in [-0.3, -0.25) is 4.90 Å². The summed E-state index contributed by atoms with van der Waals surface area (Å²) in [5.41, 5.74) is 0.921. The Labute approximate surface area is 153 Å². The molecule has 4 nitrogen and oxygen atoms in total. The van der Waals surface area contributed by atoms with Gasteiger partial charge in [-0.1, -0.05) is 38.4 Å². The van der Waals surface area contributed by atoms with E-state index in [0.29, 0.717) is 22.5 Å². The number of rotatable bonds is 3. The highest BCUT2D eigenvalue weighted by atomic mass is 35.5. The predicted octanol–water partition coefficient (Wildman–Crippen LogP) is 4.84. The van der Waals surface area contributed by atoms with E-state index in [0.717, 1.165) is 5.56 Å². The van der Waals surface area contributed by atoms with Crippen LogP contribution in [0.25, 0.3) is 0 Å². The van der Waals surface area contributed by atoms with Crippen molar-refractivity contribution < 1.29 is 9.47 Å². The largest absolute Gasteiger partial charge is 0.481 e. The first-order valence-electron chi connectivity index (χ1n) is 7.49. The molecule has 2 aromatic rings. The summed E-state index contributed by atoms with van der Waals surface area (Å²) < 4.78 is 10.9. The molecule has 0 saturated carbocycles. The Hall–Kier alpha value is -1.85. The second-order valence-electron chi connectivity index (χ2n) is 6.36. The first-order valence-corrected chi connectivity index (χ1v) is 8.27. The van der Waals surface area contributed by atoms with E-state index >= 15 is 0 Å². The number of nitrogens with zero attached hydrogens (tertiary/aromatic N) is 2. The number of methoxy groups -OCH3 is 1. The van der Waals surface area contributed by atoms with Crippen molar-refractivity contribution in [3.05, 3.63) is 47.0 Å². The lowest BCUT2D eigenvalue weighted by molar-refractivity contribution is 0.398. The number of benzene rings is 1. The minimum Gasteiger partial charge on any atom is -0.481 e. The van der Waals surface area contributed by atoms with Gasteiger partial charge in [0.15, 0.2) is 0 Å². The summed E-state index contributed by atoms with van der Waals surface area (Å²) in [5, 5.41) is 1.00. The zero-order valence-corrected chi connectivity index (χ0v) is 16.0. The topological polar surface area (TPSA) is 34.6 Å². The molecule has 24 heavy (non-hydrogen) atoms. The van der Waals surface area contributed by atoms with E-state index in [9.17, 15) is 0 Å². The molecule has 0 bridgehead atoms. The lowest BCUT2D eigenvalue weighted by Crippen LogP contribution is -2.30. The van der Waals surface area contributed by atoms with Crippen molar-refractivity contribution in [3.8, 4) is 11.6 Å². The molecule has 6 heteroatoms. The highest BCUT2D eigenvalue weighted by Crippen LogP contribution is 2.32. The van der Waals surface area contributed by atoms with Gasteiger partial charge in [-0.15, -0.1) is 0 Å². The third-order valence-corrected chi connectivity index (χ3v) is 4.17. The number of halogens is 1. The summed E-state index contributed by atoms with van der Waals surface area (Å²) in [5.74, 6) is 1.80. The standard InChI is InChI=1S/C18H21ClN2O2S/c1-18(2,3)13-11-12(9-10-14(13)19)23-17(24)21(4)15-7-6-8-16(20-15)22-5/h6-11H,1-5H3. The second kappa shape index (κ2) is 7.36. The van der Waals surface area contributed by atoms with Crippen molar-refractivity contribution >= 4 is 34.8 Å². The number of hydrogen-bond acceptors (Lipinski definition) is 4. The van der Waals surface area contributed by atoms with Crippen LogP contribution in [-0.2, 0) is 5.41 Å². The average Bonchev–Trinajstić information content (AvgIpc) is 2.54. The fourth-order valence-corrected chi connectivity index (χ4v) is 2.70. The molecule has 0 saturated heterocycles. The van der Waals surface area contributed by atoms with E-state index < -0.39 is 0 Å². The van der Waals surface area contributed by atoms with Gasteiger partial charge in [0.25, 0.3) is 5.17 Å². The lowest BCUT2D eigenvalue weighted by Gasteiger charge is -2.23. The molecule has 0 fully saturated rings. The van der Waals surface area contributed by atoms with Gasteiger partial charge in [0.2, 0.25) is 5.88 Å². The average molecular weight is 365 g/mol. The fraction of sp³-hybridized carbons (Fsp3) is 0.333. The first kappa shape index (κ1) is 18.5. The van der Waals surface area contributed by atoms with E-state index in [-0.39, 0.29) is 10.6 Å².